The molecule has 0 fully saturated rings. The number of aliphatic hydroxyl groups excluding tert-OH is 1. The van der Waals surface area contributed by atoms with Crippen LogP contribution in [0, 0.1) is 23.7 Å². The molecule has 17 nitrogen and oxygen atoms in total. The maximum absolute atomic E-state index is 13.0. The molecule has 3 N–H and O–H groups in total. The van der Waals surface area contributed by atoms with Gasteiger partial charge in [0.2, 0.25) is 0 Å². The molecule has 0 aromatic rings. The number of carbonyl (C=O) groups is 4. The van der Waals surface area contributed by atoms with Crippen molar-refractivity contribution in [3.63, 3.8) is 0 Å². The monoisotopic (exact) mass is 1300 g/mol. The van der Waals surface area contributed by atoms with Crippen molar-refractivity contribution in [1.82, 2.24) is 0 Å². The molecule has 0 saturated heterocycles. The minimum Gasteiger partial charge on any atom is -0.462 e. The van der Waals surface area contributed by atoms with E-state index in [1.807, 2.05) is 0 Å². The number of rotatable bonds is 66. The van der Waals surface area contributed by atoms with Crippen LogP contribution in [-0.2, 0) is 65.4 Å². The minimum atomic E-state index is -4.95. The molecule has 0 amide bonds. The van der Waals surface area contributed by atoms with Gasteiger partial charge in [0.05, 0.1) is 26.4 Å². The molecule has 19 heteroatoms. The molecule has 0 bridgehead atoms. The summed E-state index contributed by atoms with van der Waals surface area (Å²) in [5, 5.41) is 10.6. The fourth-order valence-corrected chi connectivity index (χ4v) is 11.9. The van der Waals surface area contributed by atoms with Crippen LogP contribution in [0.2, 0.25) is 0 Å². The Balaban J connectivity index is 5.27. The number of unbranched alkanes of at least 4 members (excludes halogenated alkanes) is 31. The van der Waals surface area contributed by atoms with Crippen molar-refractivity contribution in [2.45, 2.75) is 356 Å². The maximum Gasteiger partial charge on any atom is 0.472 e. The van der Waals surface area contributed by atoms with Crippen molar-refractivity contribution in [3.8, 4) is 0 Å². The fraction of sp³-hybridized carbons (Fsp3) is 0.942. The largest absolute Gasteiger partial charge is 0.472 e. The lowest BCUT2D eigenvalue weighted by atomic mass is 9.99. The van der Waals surface area contributed by atoms with Crippen LogP contribution in [0.4, 0.5) is 0 Å². The predicted molar refractivity (Wildman–Crippen MR) is 354 cm³/mol. The van der Waals surface area contributed by atoms with E-state index in [0.717, 1.165) is 114 Å². The summed E-state index contributed by atoms with van der Waals surface area (Å²) in [6, 6.07) is 0. The fourth-order valence-electron chi connectivity index (χ4n) is 10.3. The summed E-state index contributed by atoms with van der Waals surface area (Å²) >= 11 is 0. The maximum atomic E-state index is 13.0. The van der Waals surface area contributed by atoms with Gasteiger partial charge in [-0.25, -0.2) is 9.13 Å². The number of phosphoric acid groups is 2. The summed E-state index contributed by atoms with van der Waals surface area (Å²) in [7, 11) is -9.90. The highest BCUT2D eigenvalue weighted by atomic mass is 31.2. The van der Waals surface area contributed by atoms with Gasteiger partial charge in [-0.05, 0) is 49.4 Å². The number of hydrogen-bond donors (Lipinski definition) is 3. The average Bonchev–Trinajstić information content (AvgIpc) is 3.58. The van der Waals surface area contributed by atoms with Crippen LogP contribution < -0.4 is 0 Å². The first-order valence-corrected chi connectivity index (χ1v) is 38.7. The van der Waals surface area contributed by atoms with Gasteiger partial charge in [0.25, 0.3) is 0 Å². The number of aliphatic hydroxyl groups is 1. The SMILES string of the molecule is CCC(C)CCCCCCCCCCC(=O)OC[C@H](COP(=O)(O)OCC(O)COP(=O)(O)OC[C@@H](COC(=O)CCCCCCCCCCC(C)C)OC(=O)CCCCCCCCCCCCC(C)C)OC(=O)CCCCCCCCCCCC(C)C. The predicted octanol–water partition coefficient (Wildman–Crippen LogP) is 19.3. The normalized spacial score (nSPS) is 14.6. The molecule has 0 aromatic carbocycles. The van der Waals surface area contributed by atoms with Crippen molar-refractivity contribution in [1.29, 1.82) is 0 Å². The molecule has 0 heterocycles. The Kier molecular flexibility index (Phi) is 57.6. The zero-order valence-corrected chi connectivity index (χ0v) is 59.1. The van der Waals surface area contributed by atoms with Gasteiger partial charge < -0.3 is 33.8 Å². The average molecular weight is 1300 g/mol. The highest BCUT2D eigenvalue weighted by Gasteiger charge is 2.30. The van der Waals surface area contributed by atoms with E-state index >= 15 is 0 Å². The van der Waals surface area contributed by atoms with Gasteiger partial charge in [-0.3, -0.25) is 37.3 Å². The van der Waals surface area contributed by atoms with Gasteiger partial charge in [-0.1, -0.05) is 287 Å². The Labute approximate surface area is 537 Å². The number of phosphoric ester groups is 2. The third-order valence-electron chi connectivity index (χ3n) is 16.2. The quantitative estimate of drug-likeness (QED) is 0.0222. The molecule has 88 heavy (non-hydrogen) atoms. The van der Waals surface area contributed by atoms with E-state index in [4.69, 9.17) is 37.0 Å². The van der Waals surface area contributed by atoms with Gasteiger partial charge in [-0.15, -0.1) is 0 Å². The molecule has 0 aliphatic rings. The van der Waals surface area contributed by atoms with E-state index in [1.165, 1.54) is 141 Å². The van der Waals surface area contributed by atoms with Crippen molar-refractivity contribution in [3.05, 3.63) is 0 Å². The molecule has 0 aliphatic heterocycles. The Morgan fingerprint density at radius 2 is 0.545 bits per heavy atom. The smallest absolute Gasteiger partial charge is 0.462 e. The summed E-state index contributed by atoms with van der Waals surface area (Å²) in [6.07, 6.45) is 40.3. The summed E-state index contributed by atoms with van der Waals surface area (Å²) in [4.78, 5) is 72.5. The zero-order chi connectivity index (χ0) is 65.4. The van der Waals surface area contributed by atoms with E-state index in [9.17, 15) is 43.2 Å². The molecule has 6 atom stereocenters. The molecular formula is C69H134O17P2. The number of carbonyl (C=O) groups excluding carboxylic acids is 4. The third kappa shape index (κ3) is 61.6. The third-order valence-corrected chi connectivity index (χ3v) is 18.1. The second-order valence-corrected chi connectivity index (χ2v) is 29.5. The van der Waals surface area contributed by atoms with Crippen molar-refractivity contribution >= 4 is 39.5 Å². The molecule has 522 valence electrons. The highest BCUT2D eigenvalue weighted by molar-refractivity contribution is 7.47. The molecular weight excluding hydrogens is 1160 g/mol. The van der Waals surface area contributed by atoms with Crippen LogP contribution in [0.5, 0.6) is 0 Å². The topological polar surface area (TPSA) is 237 Å². The lowest BCUT2D eigenvalue weighted by Crippen LogP contribution is -2.30. The van der Waals surface area contributed by atoms with Crippen molar-refractivity contribution in [2.24, 2.45) is 23.7 Å². The van der Waals surface area contributed by atoms with E-state index in [-0.39, 0.29) is 25.7 Å². The van der Waals surface area contributed by atoms with Crippen molar-refractivity contribution in [2.75, 3.05) is 39.6 Å². The molecule has 0 radical (unpaired) electrons. The van der Waals surface area contributed by atoms with Gasteiger partial charge in [0.1, 0.15) is 19.3 Å². The minimum absolute atomic E-state index is 0.104. The summed E-state index contributed by atoms with van der Waals surface area (Å²) in [5.41, 5.74) is 0. The molecule has 0 rings (SSSR count). The molecule has 0 aliphatic carbocycles. The second kappa shape index (κ2) is 58.8. The Hall–Kier alpha value is -1.94. The molecule has 4 unspecified atom stereocenters. The first kappa shape index (κ1) is 86.1. The summed E-state index contributed by atoms with van der Waals surface area (Å²) < 4.78 is 68.2. The standard InChI is InChI=1S/C69H134O17P2/c1-9-62(8)48-40-32-24-18-20-26-34-42-50-67(72)80-56-65(86-69(74)52-44-36-28-16-12-14-22-30-38-46-60(4)5)58-84-88(77,78)82-54-63(70)53-81-87(75,76)83-57-64(55-79-66(71)49-41-33-25-19-17-23-31-39-47-61(6)7)85-68(73)51-43-35-27-15-11-10-13-21-29-37-45-59(2)3/h59-65,70H,9-58H2,1-8H3,(H,75,76)(H,77,78)/t62?,63?,64-,65-/m1/s1. The van der Waals surface area contributed by atoms with E-state index in [0.29, 0.717) is 25.7 Å². The lowest BCUT2D eigenvalue weighted by molar-refractivity contribution is -0.161. The van der Waals surface area contributed by atoms with Crippen molar-refractivity contribution < 1.29 is 80.2 Å². The Morgan fingerprint density at radius 3 is 0.807 bits per heavy atom. The van der Waals surface area contributed by atoms with Gasteiger partial charge in [0.15, 0.2) is 12.2 Å². The van der Waals surface area contributed by atoms with Gasteiger partial charge >= 0.3 is 39.5 Å². The van der Waals surface area contributed by atoms with Crippen LogP contribution in [0.15, 0.2) is 0 Å². The first-order valence-electron chi connectivity index (χ1n) is 35.7. The van der Waals surface area contributed by atoms with Crippen LogP contribution in [0.3, 0.4) is 0 Å². The van der Waals surface area contributed by atoms with Gasteiger partial charge in [-0.2, -0.15) is 0 Å². The Morgan fingerprint density at radius 1 is 0.318 bits per heavy atom. The Bertz CT molecular complexity index is 1750. The molecule has 0 spiro atoms. The van der Waals surface area contributed by atoms with Crippen LogP contribution in [-0.4, -0.2) is 96.7 Å². The number of hydrogen-bond acceptors (Lipinski definition) is 15. The van der Waals surface area contributed by atoms with Crippen LogP contribution >= 0.6 is 15.6 Å². The van der Waals surface area contributed by atoms with E-state index < -0.39 is 97.5 Å². The molecule has 0 aromatic heterocycles. The van der Waals surface area contributed by atoms with E-state index in [1.54, 1.807) is 0 Å². The molecule has 0 saturated carbocycles. The summed E-state index contributed by atoms with van der Waals surface area (Å²) in [5.74, 6) is 0.861. The highest BCUT2D eigenvalue weighted by Crippen LogP contribution is 2.45. The van der Waals surface area contributed by atoms with Crippen LogP contribution in [0.1, 0.15) is 338 Å². The number of esters is 4. The second-order valence-electron chi connectivity index (χ2n) is 26.6. The lowest BCUT2D eigenvalue weighted by Gasteiger charge is -2.21. The van der Waals surface area contributed by atoms with E-state index in [2.05, 4.69) is 55.4 Å². The summed E-state index contributed by atoms with van der Waals surface area (Å²) in [6.45, 7) is 14.1. The zero-order valence-electron chi connectivity index (χ0n) is 57.3. The van der Waals surface area contributed by atoms with Crippen LogP contribution in [0.25, 0.3) is 0 Å². The first-order chi connectivity index (χ1) is 42.1. The number of ether oxygens (including phenoxy) is 4. The van der Waals surface area contributed by atoms with Gasteiger partial charge in [0, 0.05) is 25.7 Å².